The molecule has 0 amide bonds. The summed E-state index contributed by atoms with van der Waals surface area (Å²) in [4.78, 5) is 11.5. The van der Waals surface area contributed by atoms with Crippen molar-refractivity contribution in [2.24, 2.45) is 0 Å². The van der Waals surface area contributed by atoms with Crippen LogP contribution < -0.4 is 0 Å². The van der Waals surface area contributed by atoms with E-state index in [0.717, 1.165) is 44.9 Å². The quantitative estimate of drug-likeness (QED) is 0.232. The zero-order valence-corrected chi connectivity index (χ0v) is 15.9. The van der Waals surface area contributed by atoms with Crippen molar-refractivity contribution in [2.45, 2.75) is 86.0 Å². The number of esters is 1. The van der Waals surface area contributed by atoms with E-state index in [0.29, 0.717) is 13.0 Å². The molecule has 0 aliphatic carbocycles. The van der Waals surface area contributed by atoms with Gasteiger partial charge in [-0.05, 0) is 66.2 Å². The van der Waals surface area contributed by atoms with Crippen molar-refractivity contribution in [3.63, 3.8) is 0 Å². The van der Waals surface area contributed by atoms with Crippen LogP contribution in [0.25, 0.3) is 0 Å². The minimum atomic E-state index is -0.0717. The molecule has 0 fully saturated rings. The van der Waals surface area contributed by atoms with E-state index in [1.807, 2.05) is 0 Å². The fraction of sp³-hybridized carbons (Fsp3) is 0.667. The maximum atomic E-state index is 11.5. The number of unbranched alkanes of at least 4 members (excludes halogenated alkanes) is 1. The van der Waals surface area contributed by atoms with E-state index in [-0.39, 0.29) is 5.97 Å². The van der Waals surface area contributed by atoms with E-state index < -0.39 is 0 Å². The second kappa shape index (κ2) is 14.3. The Labute approximate surface area is 143 Å². The minimum Gasteiger partial charge on any atom is -0.466 e. The minimum absolute atomic E-state index is 0.0717. The average Bonchev–Trinajstić information content (AvgIpc) is 2.47. The second-order valence-corrected chi connectivity index (χ2v) is 6.57. The van der Waals surface area contributed by atoms with Crippen molar-refractivity contribution in [3.8, 4) is 0 Å². The normalized spacial score (nSPS) is 12.2. The molecule has 0 aromatic carbocycles. The Hall–Kier alpha value is -1.31. The van der Waals surface area contributed by atoms with Crippen LogP contribution in [0, 0.1) is 0 Å². The smallest absolute Gasteiger partial charge is 0.306 e. The van der Waals surface area contributed by atoms with Crippen LogP contribution in [0.2, 0.25) is 0 Å². The standard InChI is InChI=1S/C21H36O2/c1-6-7-17-23-21(22)16-10-15-20(5)14-9-13-19(4)12-8-11-18(2)3/h11,13,15H,6-10,12,14,16-17H2,1-5H3. The molecule has 0 saturated carbocycles. The molecule has 0 aromatic rings. The molecule has 0 spiro atoms. The number of carbonyl (C=O) groups excluding carboxylic acids is 1. The Kier molecular flexibility index (Phi) is 13.5. The lowest BCUT2D eigenvalue weighted by Crippen LogP contribution is -2.04. The van der Waals surface area contributed by atoms with Crippen LogP contribution in [0.5, 0.6) is 0 Å². The van der Waals surface area contributed by atoms with Crippen molar-refractivity contribution in [1.82, 2.24) is 0 Å². The number of hydrogen-bond acceptors (Lipinski definition) is 2. The fourth-order valence-corrected chi connectivity index (χ4v) is 2.18. The summed E-state index contributed by atoms with van der Waals surface area (Å²) in [5.41, 5.74) is 4.22. The zero-order chi connectivity index (χ0) is 17.5. The molecule has 0 heterocycles. The van der Waals surface area contributed by atoms with E-state index in [9.17, 15) is 4.79 Å². The van der Waals surface area contributed by atoms with Gasteiger partial charge >= 0.3 is 5.97 Å². The Morgan fingerprint density at radius 3 is 1.87 bits per heavy atom. The lowest BCUT2D eigenvalue weighted by Gasteiger charge is -2.03. The van der Waals surface area contributed by atoms with Gasteiger partial charge in [-0.1, -0.05) is 48.3 Å². The summed E-state index contributed by atoms with van der Waals surface area (Å²) in [6.45, 7) is 11.3. The van der Waals surface area contributed by atoms with Gasteiger partial charge in [0.25, 0.3) is 0 Å². The third-order valence-electron chi connectivity index (χ3n) is 3.72. The highest BCUT2D eigenvalue weighted by Gasteiger charge is 2.00. The molecule has 2 heteroatoms. The predicted molar refractivity (Wildman–Crippen MR) is 101 cm³/mol. The molecule has 0 aromatic heterocycles. The number of ether oxygens (including phenoxy) is 1. The monoisotopic (exact) mass is 320 g/mol. The summed E-state index contributed by atoms with van der Waals surface area (Å²) in [5.74, 6) is -0.0717. The van der Waals surface area contributed by atoms with E-state index in [4.69, 9.17) is 4.74 Å². The Bertz CT molecular complexity index is 410. The molecule has 0 rings (SSSR count). The van der Waals surface area contributed by atoms with E-state index in [1.165, 1.54) is 16.7 Å². The molecule has 0 aliphatic heterocycles. The van der Waals surface area contributed by atoms with Gasteiger partial charge in [0.15, 0.2) is 0 Å². The third kappa shape index (κ3) is 15.4. The molecule has 0 unspecified atom stereocenters. The van der Waals surface area contributed by atoms with E-state index in [1.54, 1.807) is 0 Å². The lowest BCUT2D eigenvalue weighted by atomic mass is 10.1. The summed E-state index contributed by atoms with van der Waals surface area (Å²) < 4.78 is 5.15. The summed E-state index contributed by atoms with van der Waals surface area (Å²) in [6, 6.07) is 0. The van der Waals surface area contributed by atoms with Crippen LogP contribution >= 0.6 is 0 Å². The average molecular weight is 321 g/mol. The van der Waals surface area contributed by atoms with Gasteiger partial charge in [-0.3, -0.25) is 4.79 Å². The Balaban J connectivity index is 3.85. The molecule has 132 valence electrons. The van der Waals surface area contributed by atoms with Crippen LogP contribution in [-0.2, 0) is 9.53 Å². The molecular formula is C21H36O2. The third-order valence-corrected chi connectivity index (χ3v) is 3.72. The van der Waals surface area contributed by atoms with Gasteiger partial charge in [-0.15, -0.1) is 0 Å². The Morgan fingerprint density at radius 2 is 1.35 bits per heavy atom. The van der Waals surface area contributed by atoms with Crippen molar-refractivity contribution < 1.29 is 9.53 Å². The van der Waals surface area contributed by atoms with Crippen LogP contribution in [0.4, 0.5) is 0 Å². The zero-order valence-electron chi connectivity index (χ0n) is 15.9. The van der Waals surface area contributed by atoms with Gasteiger partial charge in [-0.25, -0.2) is 0 Å². The van der Waals surface area contributed by atoms with Gasteiger partial charge in [0, 0.05) is 6.42 Å². The Morgan fingerprint density at radius 1 is 0.826 bits per heavy atom. The molecule has 23 heavy (non-hydrogen) atoms. The summed E-state index contributed by atoms with van der Waals surface area (Å²) in [7, 11) is 0. The maximum Gasteiger partial charge on any atom is 0.306 e. The van der Waals surface area contributed by atoms with E-state index in [2.05, 4.69) is 52.8 Å². The topological polar surface area (TPSA) is 26.3 Å². The molecule has 0 saturated heterocycles. The maximum absolute atomic E-state index is 11.5. The van der Waals surface area contributed by atoms with E-state index >= 15 is 0 Å². The first-order chi connectivity index (χ1) is 11.0. The number of rotatable bonds is 12. The van der Waals surface area contributed by atoms with Crippen LogP contribution in [0.1, 0.15) is 86.0 Å². The first-order valence-electron chi connectivity index (χ1n) is 9.06. The second-order valence-electron chi connectivity index (χ2n) is 6.57. The highest BCUT2D eigenvalue weighted by molar-refractivity contribution is 5.69. The number of carbonyl (C=O) groups is 1. The molecule has 2 nitrogen and oxygen atoms in total. The van der Waals surface area contributed by atoms with Crippen LogP contribution in [-0.4, -0.2) is 12.6 Å². The van der Waals surface area contributed by atoms with Crippen LogP contribution in [0.15, 0.2) is 34.9 Å². The van der Waals surface area contributed by atoms with Gasteiger partial charge in [0.1, 0.15) is 0 Å². The van der Waals surface area contributed by atoms with Gasteiger partial charge in [0.05, 0.1) is 6.61 Å². The largest absolute Gasteiger partial charge is 0.466 e. The van der Waals surface area contributed by atoms with Gasteiger partial charge < -0.3 is 4.74 Å². The highest BCUT2D eigenvalue weighted by atomic mass is 16.5. The summed E-state index contributed by atoms with van der Waals surface area (Å²) in [6.07, 6.45) is 14.6. The number of allylic oxidation sites excluding steroid dienone is 6. The molecule has 0 N–H and O–H groups in total. The van der Waals surface area contributed by atoms with Crippen LogP contribution in [0.3, 0.4) is 0 Å². The number of hydrogen-bond donors (Lipinski definition) is 0. The first-order valence-corrected chi connectivity index (χ1v) is 9.06. The summed E-state index contributed by atoms with van der Waals surface area (Å²) >= 11 is 0. The van der Waals surface area contributed by atoms with Gasteiger partial charge in [-0.2, -0.15) is 0 Å². The predicted octanol–water partition coefficient (Wildman–Crippen LogP) is 6.53. The van der Waals surface area contributed by atoms with Gasteiger partial charge in [0.2, 0.25) is 0 Å². The fourth-order valence-electron chi connectivity index (χ4n) is 2.18. The molecule has 0 atom stereocenters. The van der Waals surface area contributed by atoms with Crippen molar-refractivity contribution in [1.29, 1.82) is 0 Å². The summed E-state index contributed by atoms with van der Waals surface area (Å²) in [5, 5.41) is 0. The van der Waals surface area contributed by atoms with Crippen molar-refractivity contribution >= 4 is 5.97 Å². The van der Waals surface area contributed by atoms with Crippen molar-refractivity contribution in [2.75, 3.05) is 6.61 Å². The molecule has 0 radical (unpaired) electrons. The first kappa shape index (κ1) is 21.7. The highest BCUT2D eigenvalue weighted by Crippen LogP contribution is 2.12. The lowest BCUT2D eigenvalue weighted by molar-refractivity contribution is -0.143. The molecule has 0 aliphatic rings. The van der Waals surface area contributed by atoms with Crippen molar-refractivity contribution in [3.05, 3.63) is 34.9 Å². The molecule has 0 bridgehead atoms. The SMILES string of the molecule is CCCCOC(=O)CCC=C(C)CCC=C(C)CCC=C(C)C. The molecular weight excluding hydrogens is 284 g/mol.